The van der Waals surface area contributed by atoms with Crippen LogP contribution in [-0.2, 0) is 0 Å². The number of thiophene rings is 1. The van der Waals surface area contributed by atoms with Gasteiger partial charge in [-0.1, -0.05) is 133 Å². The molecule has 0 unspecified atom stereocenters. The predicted octanol–water partition coefficient (Wildman–Crippen LogP) is 16.4. The molecule has 10 aromatic carbocycles. The zero-order valence-corrected chi connectivity index (χ0v) is 33.7. The number of benzene rings is 10. The number of nitrogens with zero attached hydrogens (tertiary/aromatic N) is 2. The third-order valence-electron chi connectivity index (χ3n) is 13.2. The average Bonchev–Trinajstić information content (AvgIpc) is 4.06. The molecular formula is C58H34N2S. The van der Waals surface area contributed by atoms with E-state index in [4.69, 9.17) is 0 Å². The predicted molar refractivity (Wildman–Crippen MR) is 261 cm³/mol. The summed E-state index contributed by atoms with van der Waals surface area (Å²) in [5.74, 6) is 0. The maximum absolute atomic E-state index is 2.49. The maximum atomic E-state index is 2.49. The Balaban J connectivity index is 1.00. The molecule has 0 saturated carbocycles. The normalized spacial score (nSPS) is 12.3. The van der Waals surface area contributed by atoms with E-state index in [-0.39, 0.29) is 0 Å². The Labute approximate surface area is 355 Å². The number of hydrogen-bond donors (Lipinski definition) is 0. The highest BCUT2D eigenvalue weighted by Gasteiger charge is 2.26. The fourth-order valence-electron chi connectivity index (χ4n) is 10.6. The second-order valence-corrected chi connectivity index (χ2v) is 17.5. The van der Waals surface area contributed by atoms with E-state index in [1.165, 1.54) is 125 Å². The topological polar surface area (TPSA) is 9.86 Å². The monoisotopic (exact) mass is 790 g/mol. The molecule has 0 saturated heterocycles. The second kappa shape index (κ2) is 12.4. The molecule has 0 fully saturated rings. The highest BCUT2D eigenvalue weighted by atomic mass is 32.1. The van der Waals surface area contributed by atoms with E-state index in [0.29, 0.717) is 0 Å². The lowest BCUT2D eigenvalue weighted by Crippen LogP contribution is -1.95. The summed E-state index contributed by atoms with van der Waals surface area (Å²) in [6.45, 7) is 0. The summed E-state index contributed by atoms with van der Waals surface area (Å²) >= 11 is 1.87. The van der Waals surface area contributed by atoms with Crippen LogP contribution in [0.15, 0.2) is 206 Å². The van der Waals surface area contributed by atoms with Gasteiger partial charge in [0.25, 0.3) is 0 Å². The van der Waals surface area contributed by atoms with Crippen LogP contribution in [0.1, 0.15) is 0 Å². The summed E-state index contributed by atoms with van der Waals surface area (Å²) in [4.78, 5) is 0. The average molecular weight is 791 g/mol. The second-order valence-electron chi connectivity index (χ2n) is 16.4. The van der Waals surface area contributed by atoms with Crippen molar-refractivity contribution in [2.24, 2.45) is 0 Å². The minimum Gasteiger partial charge on any atom is -0.309 e. The van der Waals surface area contributed by atoms with Gasteiger partial charge in [0.15, 0.2) is 0 Å². The highest BCUT2D eigenvalue weighted by Crippen LogP contribution is 2.51. The minimum atomic E-state index is 1.16. The smallest absolute Gasteiger partial charge is 0.0553 e. The molecule has 0 N–H and O–H groups in total. The lowest BCUT2D eigenvalue weighted by molar-refractivity contribution is 1.18. The van der Waals surface area contributed by atoms with Crippen LogP contribution in [0.25, 0.3) is 130 Å². The van der Waals surface area contributed by atoms with Gasteiger partial charge >= 0.3 is 0 Å². The van der Waals surface area contributed by atoms with Gasteiger partial charge in [-0.25, -0.2) is 0 Å². The zero-order chi connectivity index (χ0) is 39.8. The van der Waals surface area contributed by atoms with Crippen LogP contribution in [0.2, 0.25) is 0 Å². The van der Waals surface area contributed by atoms with Gasteiger partial charge in [-0.05, 0) is 128 Å². The molecule has 3 aromatic heterocycles. The number of para-hydroxylation sites is 1. The van der Waals surface area contributed by atoms with Gasteiger partial charge in [-0.3, -0.25) is 0 Å². The molecule has 0 atom stereocenters. The van der Waals surface area contributed by atoms with Crippen LogP contribution in [0.4, 0.5) is 0 Å². The van der Waals surface area contributed by atoms with Crippen LogP contribution in [0.3, 0.4) is 0 Å². The van der Waals surface area contributed by atoms with E-state index in [0.717, 1.165) is 5.69 Å². The SMILES string of the molecule is c1ccc(-c2cccc(-n3c4ccc(-c5ccc6c(c5)c5ccccc5n6-c5ccc6sc7ccccc7c6c5)cc4c4c5cccc6c5c(cc43)-c3ccccc3-6)c2)cc1. The molecule has 0 radical (unpaired) electrons. The Morgan fingerprint density at radius 3 is 1.72 bits per heavy atom. The molecule has 282 valence electrons. The third kappa shape index (κ3) is 4.67. The molecule has 0 aliphatic heterocycles. The quantitative estimate of drug-likeness (QED) is 0.168. The van der Waals surface area contributed by atoms with Crippen LogP contribution in [0, 0.1) is 0 Å². The Morgan fingerprint density at radius 1 is 0.262 bits per heavy atom. The molecule has 0 amide bonds. The summed E-state index contributed by atoms with van der Waals surface area (Å²) in [6, 6.07) is 76.7. The number of aromatic nitrogens is 2. The molecular weight excluding hydrogens is 757 g/mol. The Hall–Kier alpha value is -7.72. The van der Waals surface area contributed by atoms with Crippen LogP contribution < -0.4 is 0 Å². The lowest BCUT2D eigenvalue weighted by Gasteiger charge is -2.12. The first-order chi connectivity index (χ1) is 30.2. The van der Waals surface area contributed by atoms with Gasteiger partial charge in [0.1, 0.15) is 0 Å². The van der Waals surface area contributed by atoms with Crippen molar-refractivity contribution in [3.05, 3.63) is 206 Å². The van der Waals surface area contributed by atoms with Gasteiger partial charge in [-0.2, -0.15) is 0 Å². The third-order valence-corrected chi connectivity index (χ3v) is 14.4. The van der Waals surface area contributed by atoms with Crippen molar-refractivity contribution in [3.8, 4) is 55.9 Å². The van der Waals surface area contributed by atoms with Crippen molar-refractivity contribution < 1.29 is 0 Å². The molecule has 0 bridgehead atoms. The fourth-order valence-corrected chi connectivity index (χ4v) is 11.7. The largest absolute Gasteiger partial charge is 0.309 e. The summed E-state index contributed by atoms with van der Waals surface area (Å²) in [6.07, 6.45) is 0. The van der Waals surface area contributed by atoms with Crippen molar-refractivity contribution in [1.82, 2.24) is 9.13 Å². The fraction of sp³-hybridized carbons (Fsp3) is 0. The van der Waals surface area contributed by atoms with Gasteiger partial charge < -0.3 is 9.13 Å². The van der Waals surface area contributed by atoms with E-state index in [1.807, 2.05) is 11.3 Å². The van der Waals surface area contributed by atoms with Crippen molar-refractivity contribution in [2.45, 2.75) is 0 Å². The number of fused-ring (bicyclic) bond motifs is 13. The van der Waals surface area contributed by atoms with E-state index in [2.05, 4.69) is 215 Å². The molecule has 1 aliphatic rings. The lowest BCUT2D eigenvalue weighted by atomic mass is 9.96. The summed E-state index contributed by atoms with van der Waals surface area (Å²) in [7, 11) is 0. The van der Waals surface area contributed by atoms with Crippen LogP contribution in [0.5, 0.6) is 0 Å². The van der Waals surface area contributed by atoms with E-state index >= 15 is 0 Å². The zero-order valence-electron chi connectivity index (χ0n) is 32.9. The van der Waals surface area contributed by atoms with Crippen molar-refractivity contribution in [2.75, 3.05) is 0 Å². The standard InChI is InChI=1S/C58H34N2S/c1-2-12-35(13-3-1)36-14-10-15-39(30-36)60-53-28-25-38(32-50(53)58-46-21-11-20-45-41-16-4-5-17-42(41)49(57(45)46)34-54(58)60)37-24-27-52-47(31-37)43-18-6-8-22-51(43)59(52)40-26-29-56-48(33-40)44-19-7-9-23-55(44)61-56/h1-34H. The van der Waals surface area contributed by atoms with Crippen LogP contribution >= 0.6 is 11.3 Å². The molecule has 3 heterocycles. The van der Waals surface area contributed by atoms with Gasteiger partial charge in [0, 0.05) is 53.1 Å². The number of rotatable bonds is 4. The van der Waals surface area contributed by atoms with Gasteiger partial charge in [0.05, 0.1) is 22.1 Å². The van der Waals surface area contributed by atoms with Gasteiger partial charge in [-0.15, -0.1) is 11.3 Å². The van der Waals surface area contributed by atoms with Crippen molar-refractivity contribution in [3.63, 3.8) is 0 Å². The van der Waals surface area contributed by atoms with E-state index in [1.54, 1.807) is 0 Å². The molecule has 0 spiro atoms. The molecule has 2 nitrogen and oxygen atoms in total. The molecule has 14 rings (SSSR count). The molecule has 13 aromatic rings. The first-order valence-electron chi connectivity index (χ1n) is 21.0. The highest BCUT2D eigenvalue weighted by molar-refractivity contribution is 7.25. The van der Waals surface area contributed by atoms with Crippen molar-refractivity contribution >= 4 is 85.9 Å². The summed E-state index contributed by atoms with van der Waals surface area (Å²) in [5, 5.41) is 10.4. The first-order valence-corrected chi connectivity index (χ1v) is 21.8. The Kier molecular flexibility index (Phi) is 6.74. The minimum absolute atomic E-state index is 1.16. The molecule has 1 aliphatic carbocycles. The number of hydrogen-bond acceptors (Lipinski definition) is 1. The molecule has 3 heteroatoms. The van der Waals surface area contributed by atoms with Crippen LogP contribution in [-0.4, -0.2) is 9.13 Å². The van der Waals surface area contributed by atoms with Gasteiger partial charge in [0.2, 0.25) is 0 Å². The summed E-state index contributed by atoms with van der Waals surface area (Å²) in [5.41, 5.74) is 17.3. The van der Waals surface area contributed by atoms with E-state index in [9.17, 15) is 0 Å². The summed E-state index contributed by atoms with van der Waals surface area (Å²) < 4.78 is 7.59. The van der Waals surface area contributed by atoms with Crippen molar-refractivity contribution in [1.29, 1.82) is 0 Å². The maximum Gasteiger partial charge on any atom is 0.0553 e. The first kappa shape index (κ1) is 33.1. The Morgan fingerprint density at radius 2 is 0.852 bits per heavy atom. The van der Waals surface area contributed by atoms with E-state index < -0.39 is 0 Å². The Bertz CT molecular complexity index is 3990. The molecule has 61 heavy (non-hydrogen) atoms.